The third-order valence-corrected chi connectivity index (χ3v) is 4.24. The van der Waals surface area contributed by atoms with Gasteiger partial charge in [-0.25, -0.2) is 0 Å². The van der Waals surface area contributed by atoms with Gasteiger partial charge in [0.25, 0.3) is 0 Å². The van der Waals surface area contributed by atoms with E-state index in [0.717, 1.165) is 26.9 Å². The van der Waals surface area contributed by atoms with Crippen LogP contribution in [-0.4, -0.2) is 10.1 Å². The molecule has 0 unspecified atom stereocenters. The third-order valence-electron chi connectivity index (χ3n) is 2.84. The van der Waals surface area contributed by atoms with Gasteiger partial charge in [0.1, 0.15) is 0 Å². The van der Waals surface area contributed by atoms with E-state index in [9.17, 15) is 5.11 Å². The van der Waals surface area contributed by atoms with Gasteiger partial charge < -0.3 is 5.11 Å². The van der Waals surface area contributed by atoms with Crippen LogP contribution in [0.1, 0.15) is 30.7 Å². The molecule has 0 bridgehead atoms. The van der Waals surface area contributed by atoms with Crippen molar-refractivity contribution in [1.82, 2.24) is 4.98 Å². The quantitative estimate of drug-likeness (QED) is 0.826. The number of hydrogen-bond donors (Lipinski definition) is 1. The predicted molar refractivity (Wildman–Crippen MR) is 80.5 cm³/mol. The Balaban J connectivity index is 1.99. The molecule has 2 nitrogen and oxygen atoms in total. The first-order valence-corrected chi connectivity index (χ1v) is 7.57. The number of pyridine rings is 1. The molecule has 1 N–H and O–H groups in total. The molecule has 0 amide bonds. The SMILES string of the molecule is CC[C@H](O)c1ccc(SCc2ccccc2Cl)cn1. The van der Waals surface area contributed by atoms with Crippen molar-refractivity contribution in [3.8, 4) is 0 Å². The predicted octanol–water partition coefficient (Wildman–Crippen LogP) is 4.47. The summed E-state index contributed by atoms with van der Waals surface area (Å²) in [5.41, 5.74) is 1.84. The van der Waals surface area contributed by atoms with Gasteiger partial charge in [-0.1, -0.05) is 36.7 Å². The zero-order valence-electron chi connectivity index (χ0n) is 10.7. The first-order chi connectivity index (χ1) is 9.20. The van der Waals surface area contributed by atoms with Crippen LogP contribution in [0.5, 0.6) is 0 Å². The molecule has 0 spiro atoms. The second-order valence-corrected chi connectivity index (χ2v) is 5.68. The molecule has 0 saturated carbocycles. The number of aliphatic hydroxyl groups excluding tert-OH is 1. The molecule has 19 heavy (non-hydrogen) atoms. The molecule has 0 aliphatic rings. The molecule has 2 aromatic rings. The molecule has 1 aromatic carbocycles. The molecule has 1 heterocycles. The van der Waals surface area contributed by atoms with Crippen molar-refractivity contribution in [3.05, 3.63) is 58.9 Å². The summed E-state index contributed by atoms with van der Waals surface area (Å²) in [6, 6.07) is 11.7. The van der Waals surface area contributed by atoms with Gasteiger partial charge in [0.15, 0.2) is 0 Å². The van der Waals surface area contributed by atoms with Crippen LogP contribution in [0.25, 0.3) is 0 Å². The molecule has 100 valence electrons. The molecule has 1 atom stereocenters. The van der Waals surface area contributed by atoms with Crippen molar-refractivity contribution >= 4 is 23.4 Å². The Hall–Kier alpha value is -1.03. The fourth-order valence-corrected chi connectivity index (χ4v) is 2.81. The molecule has 0 aliphatic heterocycles. The zero-order valence-corrected chi connectivity index (χ0v) is 12.3. The van der Waals surface area contributed by atoms with Crippen LogP contribution in [0.15, 0.2) is 47.5 Å². The lowest BCUT2D eigenvalue weighted by Gasteiger charge is -2.08. The van der Waals surface area contributed by atoms with E-state index in [-0.39, 0.29) is 0 Å². The van der Waals surface area contributed by atoms with Gasteiger partial charge in [-0.2, -0.15) is 0 Å². The molecule has 4 heteroatoms. The minimum absolute atomic E-state index is 0.470. The number of halogens is 1. The summed E-state index contributed by atoms with van der Waals surface area (Å²) in [6.45, 7) is 1.94. The van der Waals surface area contributed by atoms with E-state index in [2.05, 4.69) is 4.98 Å². The molecule has 0 radical (unpaired) electrons. The minimum Gasteiger partial charge on any atom is -0.387 e. The molecule has 0 aliphatic carbocycles. The summed E-state index contributed by atoms with van der Waals surface area (Å²) >= 11 is 7.80. The number of thioether (sulfide) groups is 1. The normalized spacial score (nSPS) is 12.4. The number of aliphatic hydroxyl groups is 1. The largest absolute Gasteiger partial charge is 0.387 e. The Kier molecular flexibility index (Phi) is 5.25. The molecule has 0 saturated heterocycles. The Morgan fingerprint density at radius 3 is 2.68 bits per heavy atom. The molecule has 0 fully saturated rings. The van der Waals surface area contributed by atoms with Crippen molar-refractivity contribution in [2.75, 3.05) is 0 Å². The van der Waals surface area contributed by atoms with E-state index >= 15 is 0 Å². The minimum atomic E-state index is -0.470. The number of hydrogen-bond acceptors (Lipinski definition) is 3. The molecule has 2 rings (SSSR count). The summed E-state index contributed by atoms with van der Waals surface area (Å²) in [5.74, 6) is 0.816. The standard InChI is InChI=1S/C15H16ClNOS/c1-2-15(18)14-8-7-12(9-17-14)19-10-11-5-3-4-6-13(11)16/h3-9,15,18H,2,10H2,1H3/t15-/m0/s1. The van der Waals surface area contributed by atoms with E-state index in [1.807, 2.05) is 43.3 Å². The topological polar surface area (TPSA) is 33.1 Å². The van der Waals surface area contributed by atoms with Gasteiger partial charge >= 0.3 is 0 Å². The van der Waals surface area contributed by atoms with Crippen LogP contribution in [0, 0.1) is 0 Å². The fraction of sp³-hybridized carbons (Fsp3) is 0.267. The van der Waals surface area contributed by atoms with E-state index in [1.165, 1.54) is 0 Å². The monoisotopic (exact) mass is 293 g/mol. The van der Waals surface area contributed by atoms with Gasteiger partial charge in [-0.05, 0) is 30.2 Å². The second-order valence-electron chi connectivity index (χ2n) is 4.22. The summed E-state index contributed by atoms with van der Waals surface area (Å²) in [4.78, 5) is 5.36. The van der Waals surface area contributed by atoms with Crippen LogP contribution >= 0.6 is 23.4 Å². The van der Waals surface area contributed by atoms with E-state index in [1.54, 1.807) is 18.0 Å². The smallest absolute Gasteiger partial charge is 0.0957 e. The van der Waals surface area contributed by atoms with E-state index < -0.39 is 6.10 Å². The first kappa shape index (κ1) is 14.4. The van der Waals surface area contributed by atoms with Crippen LogP contribution < -0.4 is 0 Å². The molecule has 1 aromatic heterocycles. The first-order valence-electron chi connectivity index (χ1n) is 6.21. The highest BCUT2D eigenvalue weighted by Gasteiger charge is 2.06. The van der Waals surface area contributed by atoms with Crippen molar-refractivity contribution in [2.45, 2.75) is 30.1 Å². The Bertz CT molecular complexity index is 530. The van der Waals surface area contributed by atoms with Crippen LogP contribution in [-0.2, 0) is 5.75 Å². The summed E-state index contributed by atoms with van der Waals surface area (Å²) in [6.07, 6.45) is 2.01. The fourth-order valence-electron chi connectivity index (χ4n) is 1.66. The maximum Gasteiger partial charge on any atom is 0.0957 e. The summed E-state index contributed by atoms with van der Waals surface area (Å²) < 4.78 is 0. The summed E-state index contributed by atoms with van der Waals surface area (Å²) in [5, 5.41) is 10.5. The third kappa shape index (κ3) is 3.96. The van der Waals surface area contributed by atoms with Gasteiger partial charge in [-0.15, -0.1) is 11.8 Å². The zero-order chi connectivity index (χ0) is 13.7. The van der Waals surface area contributed by atoms with Crippen molar-refractivity contribution in [3.63, 3.8) is 0 Å². The average Bonchev–Trinajstić information content (AvgIpc) is 2.46. The van der Waals surface area contributed by atoms with E-state index in [0.29, 0.717) is 6.42 Å². The van der Waals surface area contributed by atoms with Crippen LogP contribution in [0.4, 0.5) is 0 Å². The van der Waals surface area contributed by atoms with Crippen LogP contribution in [0.2, 0.25) is 5.02 Å². The summed E-state index contributed by atoms with van der Waals surface area (Å²) in [7, 11) is 0. The number of benzene rings is 1. The lowest BCUT2D eigenvalue weighted by atomic mass is 10.2. The van der Waals surface area contributed by atoms with E-state index in [4.69, 9.17) is 11.6 Å². The van der Waals surface area contributed by atoms with Crippen molar-refractivity contribution < 1.29 is 5.11 Å². The number of nitrogens with zero attached hydrogens (tertiary/aromatic N) is 1. The lowest BCUT2D eigenvalue weighted by molar-refractivity contribution is 0.169. The van der Waals surface area contributed by atoms with Gasteiger partial charge in [0.2, 0.25) is 0 Å². The van der Waals surface area contributed by atoms with Crippen LogP contribution in [0.3, 0.4) is 0 Å². The maximum atomic E-state index is 9.68. The molecular weight excluding hydrogens is 278 g/mol. The Labute approximate surface area is 122 Å². The van der Waals surface area contributed by atoms with Crippen molar-refractivity contribution in [1.29, 1.82) is 0 Å². The number of aromatic nitrogens is 1. The Morgan fingerprint density at radius 1 is 1.26 bits per heavy atom. The van der Waals surface area contributed by atoms with Gasteiger partial charge in [0, 0.05) is 21.9 Å². The van der Waals surface area contributed by atoms with Gasteiger partial charge in [-0.3, -0.25) is 4.98 Å². The molecular formula is C15H16ClNOS. The van der Waals surface area contributed by atoms with Gasteiger partial charge in [0.05, 0.1) is 11.8 Å². The second kappa shape index (κ2) is 6.94. The average molecular weight is 294 g/mol. The maximum absolute atomic E-state index is 9.68. The number of rotatable bonds is 5. The Morgan fingerprint density at radius 2 is 2.05 bits per heavy atom. The highest BCUT2D eigenvalue weighted by atomic mass is 35.5. The lowest BCUT2D eigenvalue weighted by Crippen LogP contribution is -1.97. The van der Waals surface area contributed by atoms with Crippen molar-refractivity contribution in [2.24, 2.45) is 0 Å². The highest BCUT2D eigenvalue weighted by Crippen LogP contribution is 2.26. The highest BCUT2D eigenvalue weighted by molar-refractivity contribution is 7.98.